The van der Waals surface area contributed by atoms with Crippen LogP contribution in [0.5, 0.6) is 0 Å². The van der Waals surface area contributed by atoms with Crippen LogP contribution in [0, 0.1) is 0 Å². The maximum absolute atomic E-state index is 4.65. The van der Waals surface area contributed by atoms with Crippen molar-refractivity contribution in [3.05, 3.63) is 46.4 Å². The van der Waals surface area contributed by atoms with Crippen molar-refractivity contribution in [1.29, 1.82) is 0 Å². The van der Waals surface area contributed by atoms with E-state index in [0.717, 1.165) is 31.0 Å². The summed E-state index contributed by atoms with van der Waals surface area (Å²) in [4.78, 5) is 8.51. The van der Waals surface area contributed by atoms with Crippen molar-refractivity contribution in [3.8, 4) is 0 Å². The van der Waals surface area contributed by atoms with Gasteiger partial charge in [-0.1, -0.05) is 0 Å². The molecule has 0 atom stereocenters. The normalized spacial score (nSPS) is 15.0. The quantitative estimate of drug-likeness (QED) is 0.670. The van der Waals surface area contributed by atoms with Crippen LogP contribution in [-0.4, -0.2) is 21.1 Å². The Morgan fingerprint density at radius 2 is 2.22 bits per heavy atom. The Morgan fingerprint density at radius 1 is 1.22 bits per heavy atom. The molecule has 4 nitrogen and oxygen atoms in total. The number of hydrogen-bond acceptors (Lipinski definition) is 4. The summed E-state index contributed by atoms with van der Waals surface area (Å²) < 4.78 is 1.80. The van der Waals surface area contributed by atoms with E-state index in [4.69, 9.17) is 0 Å². The van der Waals surface area contributed by atoms with Crippen LogP contribution >= 0.6 is 11.3 Å². The first-order valence-corrected chi connectivity index (χ1v) is 6.89. The number of hydrogen-bond donors (Lipinski definition) is 0. The van der Waals surface area contributed by atoms with Crippen LogP contribution in [0.25, 0.3) is 5.65 Å². The number of anilines is 1. The van der Waals surface area contributed by atoms with Gasteiger partial charge in [-0.2, -0.15) is 5.10 Å². The molecule has 3 aromatic rings. The predicted molar refractivity (Wildman–Crippen MR) is 72.1 cm³/mol. The summed E-state index contributed by atoms with van der Waals surface area (Å²) in [7, 11) is 0. The summed E-state index contributed by atoms with van der Waals surface area (Å²) in [5, 5.41) is 6.35. The molecule has 0 aromatic carbocycles. The van der Waals surface area contributed by atoms with Gasteiger partial charge in [-0.15, -0.1) is 11.3 Å². The first-order chi connectivity index (χ1) is 8.90. The molecule has 4 rings (SSSR count). The molecule has 0 radical (unpaired) electrons. The lowest BCUT2D eigenvalue weighted by atomic mass is 10.1. The third-order valence-corrected chi connectivity index (χ3v) is 4.40. The van der Waals surface area contributed by atoms with Crippen molar-refractivity contribution in [2.75, 3.05) is 11.4 Å². The van der Waals surface area contributed by atoms with E-state index in [1.54, 1.807) is 10.7 Å². The minimum Gasteiger partial charge on any atom is -0.352 e. The van der Waals surface area contributed by atoms with Crippen LogP contribution in [0.15, 0.2) is 36.0 Å². The second kappa shape index (κ2) is 3.81. The van der Waals surface area contributed by atoms with E-state index in [-0.39, 0.29) is 0 Å². The van der Waals surface area contributed by atoms with Crippen molar-refractivity contribution < 1.29 is 0 Å². The Bertz CT molecular complexity index is 700. The predicted octanol–water partition coefficient (Wildman–Crippen LogP) is 2.35. The summed E-state index contributed by atoms with van der Waals surface area (Å²) in [6, 6.07) is 6.20. The third kappa shape index (κ3) is 1.51. The Kier molecular flexibility index (Phi) is 2.14. The maximum Gasteiger partial charge on any atom is 0.157 e. The minimum atomic E-state index is 0.906. The summed E-state index contributed by atoms with van der Waals surface area (Å²) in [6.07, 6.45) is 4.87. The Labute approximate surface area is 109 Å². The van der Waals surface area contributed by atoms with E-state index in [2.05, 4.69) is 26.4 Å². The number of aromatic nitrogens is 3. The van der Waals surface area contributed by atoms with Gasteiger partial charge in [0.25, 0.3) is 0 Å². The van der Waals surface area contributed by atoms with Crippen LogP contribution < -0.4 is 4.90 Å². The fourth-order valence-corrected chi connectivity index (χ4v) is 3.31. The van der Waals surface area contributed by atoms with Gasteiger partial charge in [0.05, 0.1) is 6.20 Å². The number of fused-ring (bicyclic) bond motifs is 2. The van der Waals surface area contributed by atoms with Gasteiger partial charge >= 0.3 is 0 Å². The number of rotatable bonds is 1. The maximum atomic E-state index is 4.65. The highest BCUT2D eigenvalue weighted by molar-refractivity contribution is 7.10. The van der Waals surface area contributed by atoms with Crippen LogP contribution in [0.4, 0.5) is 5.82 Å². The van der Waals surface area contributed by atoms with E-state index in [0.29, 0.717) is 0 Å². The molecule has 5 heteroatoms. The van der Waals surface area contributed by atoms with E-state index in [9.17, 15) is 0 Å². The van der Waals surface area contributed by atoms with Crippen LogP contribution in [0.1, 0.15) is 10.4 Å². The summed E-state index contributed by atoms with van der Waals surface area (Å²) in [5.74, 6) is 1.04. The highest BCUT2D eigenvalue weighted by Crippen LogP contribution is 2.26. The summed E-state index contributed by atoms with van der Waals surface area (Å²) in [5.41, 5.74) is 2.35. The SMILES string of the molecule is c1cc2nc(N3CCc4sccc4C3)ccn2n1. The van der Waals surface area contributed by atoms with Gasteiger partial charge < -0.3 is 4.90 Å². The van der Waals surface area contributed by atoms with Gasteiger partial charge in [0.1, 0.15) is 5.82 Å². The second-order valence-electron chi connectivity index (χ2n) is 4.46. The fraction of sp³-hybridized carbons (Fsp3) is 0.231. The standard InChI is InChI=1S/C13H12N4S/c1-5-14-17-7-3-12(15-13(1)17)16-6-2-11-10(9-16)4-8-18-11/h1,3-5,7-8H,2,6,9H2. The highest BCUT2D eigenvalue weighted by atomic mass is 32.1. The monoisotopic (exact) mass is 256 g/mol. The van der Waals surface area contributed by atoms with Crippen molar-refractivity contribution in [3.63, 3.8) is 0 Å². The minimum absolute atomic E-state index is 0.906. The molecule has 0 spiro atoms. The Balaban J connectivity index is 1.71. The molecule has 0 fully saturated rings. The van der Waals surface area contributed by atoms with Crippen molar-refractivity contribution in [2.45, 2.75) is 13.0 Å². The van der Waals surface area contributed by atoms with E-state index in [1.807, 2.05) is 29.7 Å². The number of nitrogens with zero attached hydrogens (tertiary/aromatic N) is 4. The molecular formula is C13H12N4S. The van der Waals surface area contributed by atoms with Gasteiger partial charge in [0.15, 0.2) is 5.65 Å². The molecule has 18 heavy (non-hydrogen) atoms. The molecular weight excluding hydrogens is 244 g/mol. The van der Waals surface area contributed by atoms with Crippen molar-refractivity contribution >= 4 is 22.8 Å². The molecule has 0 saturated heterocycles. The van der Waals surface area contributed by atoms with E-state index >= 15 is 0 Å². The first-order valence-electron chi connectivity index (χ1n) is 6.01. The summed E-state index contributed by atoms with van der Waals surface area (Å²) >= 11 is 1.87. The molecule has 4 heterocycles. The lowest BCUT2D eigenvalue weighted by Gasteiger charge is -2.27. The zero-order valence-corrected chi connectivity index (χ0v) is 10.6. The smallest absolute Gasteiger partial charge is 0.157 e. The molecule has 0 aliphatic carbocycles. The summed E-state index contributed by atoms with van der Waals surface area (Å²) in [6.45, 7) is 2.01. The lowest BCUT2D eigenvalue weighted by Crippen LogP contribution is -2.30. The largest absolute Gasteiger partial charge is 0.352 e. The molecule has 0 saturated carbocycles. The van der Waals surface area contributed by atoms with E-state index < -0.39 is 0 Å². The van der Waals surface area contributed by atoms with Gasteiger partial charge in [-0.3, -0.25) is 0 Å². The zero-order valence-electron chi connectivity index (χ0n) is 9.78. The zero-order chi connectivity index (χ0) is 11.9. The fourth-order valence-electron chi connectivity index (χ4n) is 2.42. The Morgan fingerprint density at radius 3 is 3.22 bits per heavy atom. The second-order valence-corrected chi connectivity index (χ2v) is 5.46. The van der Waals surface area contributed by atoms with Gasteiger partial charge in [-0.05, 0) is 29.5 Å². The molecule has 0 N–H and O–H groups in total. The first kappa shape index (κ1) is 10.1. The third-order valence-electron chi connectivity index (χ3n) is 3.37. The topological polar surface area (TPSA) is 33.4 Å². The molecule has 3 aromatic heterocycles. The Hall–Kier alpha value is -1.88. The van der Waals surface area contributed by atoms with Gasteiger partial charge in [-0.25, -0.2) is 9.50 Å². The average Bonchev–Trinajstić information content (AvgIpc) is 3.05. The van der Waals surface area contributed by atoms with Crippen molar-refractivity contribution in [1.82, 2.24) is 14.6 Å². The molecule has 0 amide bonds. The number of thiophene rings is 1. The molecule has 0 bridgehead atoms. The molecule has 1 aliphatic rings. The van der Waals surface area contributed by atoms with Crippen LogP contribution in [-0.2, 0) is 13.0 Å². The van der Waals surface area contributed by atoms with Gasteiger partial charge in [0, 0.05) is 30.2 Å². The van der Waals surface area contributed by atoms with Gasteiger partial charge in [0.2, 0.25) is 0 Å². The molecule has 90 valence electrons. The molecule has 0 unspecified atom stereocenters. The van der Waals surface area contributed by atoms with Crippen LogP contribution in [0.3, 0.4) is 0 Å². The lowest BCUT2D eigenvalue weighted by molar-refractivity contribution is 0.730. The van der Waals surface area contributed by atoms with Crippen LogP contribution in [0.2, 0.25) is 0 Å². The van der Waals surface area contributed by atoms with E-state index in [1.165, 1.54) is 10.4 Å². The molecule has 1 aliphatic heterocycles. The average molecular weight is 256 g/mol. The highest BCUT2D eigenvalue weighted by Gasteiger charge is 2.18. The van der Waals surface area contributed by atoms with Crippen molar-refractivity contribution in [2.24, 2.45) is 0 Å².